The fraction of sp³-hybridized carbons (Fsp3) is 0.111. The van der Waals surface area contributed by atoms with Gasteiger partial charge in [-0.1, -0.05) is 18.2 Å². The smallest absolute Gasteiger partial charge is 0.316 e. The van der Waals surface area contributed by atoms with Crippen molar-refractivity contribution in [2.24, 2.45) is 5.73 Å². The minimum Gasteiger partial charge on any atom is -0.351 e. The van der Waals surface area contributed by atoms with Gasteiger partial charge in [-0.05, 0) is 42.3 Å². The number of rotatable bonds is 4. The Balaban J connectivity index is 1.72. The second-order valence-electron chi connectivity index (χ2n) is 5.54. The Morgan fingerprint density at radius 3 is 2.52 bits per heavy atom. The van der Waals surface area contributed by atoms with Crippen molar-refractivity contribution in [1.82, 2.24) is 5.32 Å². The maximum absolute atomic E-state index is 13.9. The number of halogens is 1. The van der Waals surface area contributed by atoms with Gasteiger partial charge in [-0.15, -0.1) is 11.3 Å². The third-order valence-corrected chi connectivity index (χ3v) is 5.04. The summed E-state index contributed by atoms with van der Waals surface area (Å²) in [6, 6.07) is 11.2. The summed E-state index contributed by atoms with van der Waals surface area (Å²) in [5.74, 6) is -0.555. The van der Waals surface area contributed by atoms with E-state index in [1.54, 1.807) is 43.3 Å². The van der Waals surface area contributed by atoms with Crippen LogP contribution >= 0.6 is 11.3 Å². The number of hydrogen-bond acceptors (Lipinski definition) is 3. The summed E-state index contributed by atoms with van der Waals surface area (Å²) in [6.45, 7) is 2.08. The Kier molecular flexibility index (Phi) is 4.67. The topological polar surface area (TPSA) is 84.2 Å². The van der Waals surface area contributed by atoms with Crippen molar-refractivity contribution in [2.75, 3.05) is 5.32 Å². The van der Waals surface area contributed by atoms with Crippen molar-refractivity contribution < 1.29 is 14.0 Å². The number of nitrogens with one attached hydrogen (secondary N) is 2. The predicted molar refractivity (Wildman–Crippen MR) is 97.3 cm³/mol. The molecule has 2 aromatic carbocycles. The summed E-state index contributed by atoms with van der Waals surface area (Å²) >= 11 is 1.28. The third kappa shape index (κ3) is 3.61. The van der Waals surface area contributed by atoms with E-state index in [0.717, 1.165) is 10.3 Å². The van der Waals surface area contributed by atoms with Gasteiger partial charge in [-0.2, -0.15) is 0 Å². The number of primary amides is 1. The van der Waals surface area contributed by atoms with Gasteiger partial charge in [-0.25, -0.2) is 9.18 Å². The van der Waals surface area contributed by atoms with Crippen molar-refractivity contribution in [3.05, 3.63) is 64.3 Å². The van der Waals surface area contributed by atoms with Crippen molar-refractivity contribution in [1.29, 1.82) is 0 Å². The van der Waals surface area contributed by atoms with Crippen molar-refractivity contribution in [2.45, 2.75) is 13.5 Å². The third-order valence-electron chi connectivity index (χ3n) is 3.78. The van der Waals surface area contributed by atoms with E-state index in [1.807, 2.05) is 0 Å². The summed E-state index contributed by atoms with van der Waals surface area (Å²) in [7, 11) is 0. The van der Waals surface area contributed by atoms with Crippen LogP contribution in [0.2, 0.25) is 0 Å². The van der Waals surface area contributed by atoms with E-state index in [0.29, 0.717) is 28.1 Å². The minimum absolute atomic E-state index is 0.238. The van der Waals surface area contributed by atoms with E-state index in [2.05, 4.69) is 10.6 Å². The quantitative estimate of drug-likeness (QED) is 0.664. The van der Waals surface area contributed by atoms with Gasteiger partial charge in [-0.3, -0.25) is 4.79 Å². The molecule has 1 heterocycles. The summed E-state index contributed by atoms with van der Waals surface area (Å²) in [6.07, 6.45) is 0. The lowest BCUT2D eigenvalue weighted by atomic mass is 10.1. The number of aryl methyl sites for hydroxylation is 1. The second kappa shape index (κ2) is 6.90. The fourth-order valence-corrected chi connectivity index (χ4v) is 3.72. The molecule has 3 aromatic rings. The normalized spacial score (nSPS) is 10.6. The molecule has 0 bridgehead atoms. The summed E-state index contributed by atoms with van der Waals surface area (Å²) in [5, 5.41) is 5.80. The van der Waals surface area contributed by atoms with E-state index >= 15 is 0 Å². The van der Waals surface area contributed by atoms with E-state index in [1.165, 1.54) is 17.4 Å². The molecule has 0 aliphatic carbocycles. The number of carbonyl (C=O) groups excluding carboxylic acids is 2. The van der Waals surface area contributed by atoms with Crippen molar-refractivity contribution >= 4 is 39.0 Å². The molecule has 0 saturated heterocycles. The van der Waals surface area contributed by atoms with Gasteiger partial charge in [0.25, 0.3) is 5.91 Å². The number of carbonyl (C=O) groups is 2. The Morgan fingerprint density at radius 2 is 1.88 bits per heavy atom. The van der Waals surface area contributed by atoms with Crippen LogP contribution in [0.5, 0.6) is 0 Å². The van der Waals surface area contributed by atoms with Gasteiger partial charge in [0.05, 0.1) is 4.88 Å². The lowest BCUT2D eigenvalue weighted by Gasteiger charge is -2.06. The molecule has 0 spiro atoms. The number of hydrogen-bond donors (Lipinski definition) is 3. The molecular weight excluding hydrogens is 341 g/mol. The number of urea groups is 1. The van der Waals surface area contributed by atoms with Gasteiger partial charge in [0.15, 0.2) is 0 Å². The van der Waals surface area contributed by atoms with Gasteiger partial charge in [0.2, 0.25) is 0 Å². The standard InChI is InChI=1S/C18H16FN3O2S/c1-10-15-13(19)3-2-4-14(15)25-16(10)17(23)21-9-11-5-7-12(8-6-11)22-18(20)24/h2-8H,9H2,1H3,(H,21,23)(H3,20,22,24). The number of anilines is 1. The van der Waals surface area contributed by atoms with E-state index in [9.17, 15) is 14.0 Å². The van der Waals surface area contributed by atoms with Crippen molar-refractivity contribution in [3.63, 3.8) is 0 Å². The molecule has 3 rings (SSSR count). The molecule has 0 saturated carbocycles. The minimum atomic E-state index is -0.631. The van der Waals surface area contributed by atoms with Crippen LogP contribution in [0.3, 0.4) is 0 Å². The molecule has 4 N–H and O–H groups in total. The van der Waals surface area contributed by atoms with Gasteiger partial charge in [0, 0.05) is 22.3 Å². The number of benzene rings is 2. The highest BCUT2D eigenvalue weighted by Gasteiger charge is 2.17. The van der Waals surface area contributed by atoms with E-state index in [4.69, 9.17) is 5.73 Å². The van der Waals surface area contributed by atoms with Gasteiger partial charge < -0.3 is 16.4 Å². The summed E-state index contributed by atoms with van der Waals surface area (Å²) in [5.41, 5.74) is 7.15. The molecule has 0 aliphatic rings. The molecule has 0 radical (unpaired) electrons. The van der Waals surface area contributed by atoms with Crippen LogP contribution in [-0.4, -0.2) is 11.9 Å². The lowest BCUT2D eigenvalue weighted by Crippen LogP contribution is -2.22. The zero-order valence-corrected chi connectivity index (χ0v) is 14.2. The van der Waals surface area contributed by atoms with Gasteiger partial charge in [0.1, 0.15) is 5.82 Å². The molecule has 128 valence electrons. The molecule has 1 aromatic heterocycles. The summed E-state index contributed by atoms with van der Waals surface area (Å²) in [4.78, 5) is 23.7. The van der Waals surface area contributed by atoms with Crippen molar-refractivity contribution in [3.8, 4) is 0 Å². The van der Waals surface area contributed by atoms with Crippen LogP contribution in [0.1, 0.15) is 20.8 Å². The van der Waals surface area contributed by atoms with Crippen LogP contribution in [0.25, 0.3) is 10.1 Å². The molecule has 0 fully saturated rings. The fourth-order valence-electron chi connectivity index (χ4n) is 2.58. The SMILES string of the molecule is Cc1c(C(=O)NCc2ccc(NC(N)=O)cc2)sc2cccc(F)c12. The largest absolute Gasteiger partial charge is 0.351 e. The predicted octanol–water partition coefficient (Wildman–Crippen LogP) is 3.77. The molecule has 3 amide bonds. The zero-order valence-electron chi connectivity index (χ0n) is 13.4. The number of thiophene rings is 1. The average molecular weight is 357 g/mol. The van der Waals surface area contributed by atoms with E-state index < -0.39 is 6.03 Å². The van der Waals surface area contributed by atoms with E-state index in [-0.39, 0.29) is 11.7 Å². The first-order chi connectivity index (χ1) is 12.0. The number of nitrogens with two attached hydrogens (primary N) is 1. The first-order valence-corrected chi connectivity index (χ1v) is 8.38. The summed E-state index contributed by atoms with van der Waals surface area (Å²) < 4.78 is 14.7. The molecular formula is C18H16FN3O2S. The first-order valence-electron chi connectivity index (χ1n) is 7.57. The van der Waals surface area contributed by atoms with Crippen LogP contribution in [-0.2, 0) is 6.54 Å². The highest BCUT2D eigenvalue weighted by atomic mass is 32.1. The highest BCUT2D eigenvalue weighted by Crippen LogP contribution is 2.32. The molecule has 0 atom stereocenters. The second-order valence-corrected chi connectivity index (χ2v) is 6.59. The Hall–Kier alpha value is -2.93. The Morgan fingerprint density at radius 1 is 1.16 bits per heavy atom. The monoisotopic (exact) mass is 357 g/mol. The van der Waals surface area contributed by atoms with Crippen LogP contribution in [0, 0.1) is 12.7 Å². The first kappa shape index (κ1) is 16.9. The molecule has 25 heavy (non-hydrogen) atoms. The Bertz CT molecular complexity index is 951. The van der Waals surface area contributed by atoms with Crippen LogP contribution in [0.4, 0.5) is 14.9 Å². The molecule has 0 unspecified atom stereocenters. The molecule has 7 heteroatoms. The molecule has 0 aliphatic heterocycles. The molecule has 5 nitrogen and oxygen atoms in total. The zero-order chi connectivity index (χ0) is 18.0. The van der Waals surface area contributed by atoms with Gasteiger partial charge >= 0.3 is 6.03 Å². The maximum Gasteiger partial charge on any atom is 0.316 e. The highest BCUT2D eigenvalue weighted by molar-refractivity contribution is 7.21. The lowest BCUT2D eigenvalue weighted by molar-refractivity contribution is 0.0954. The number of fused-ring (bicyclic) bond motifs is 1. The van der Waals surface area contributed by atoms with Crippen LogP contribution < -0.4 is 16.4 Å². The average Bonchev–Trinajstić information content (AvgIpc) is 2.92. The number of amides is 3. The maximum atomic E-state index is 13.9. The Labute approximate surface area is 147 Å². The van der Waals surface area contributed by atoms with Crippen LogP contribution in [0.15, 0.2) is 42.5 Å².